The lowest BCUT2D eigenvalue weighted by Crippen LogP contribution is -2.19. The van der Waals surface area contributed by atoms with Crippen LogP contribution >= 0.6 is 15.9 Å². The van der Waals surface area contributed by atoms with Gasteiger partial charge < -0.3 is 0 Å². The predicted molar refractivity (Wildman–Crippen MR) is 56.0 cm³/mol. The molecule has 2 heteroatoms. The van der Waals surface area contributed by atoms with Crippen LogP contribution in [0.25, 0.3) is 0 Å². The predicted octanol–water partition coefficient (Wildman–Crippen LogP) is 3.21. The first-order chi connectivity index (χ1) is 6.18. The first-order valence-electron chi connectivity index (χ1n) is 4.51. The lowest BCUT2D eigenvalue weighted by molar-refractivity contribution is 0.0913. The SMILES string of the molecule is C[C@H]1CCc2ccc(Br)cc2C1=O. The van der Waals surface area contributed by atoms with E-state index in [2.05, 4.69) is 15.9 Å². The van der Waals surface area contributed by atoms with Crippen molar-refractivity contribution in [3.8, 4) is 0 Å². The van der Waals surface area contributed by atoms with Crippen LogP contribution in [0.15, 0.2) is 22.7 Å². The summed E-state index contributed by atoms with van der Waals surface area (Å²) in [6.45, 7) is 2.01. The Labute approximate surface area is 86.3 Å². The van der Waals surface area contributed by atoms with Crippen molar-refractivity contribution in [1.82, 2.24) is 0 Å². The molecule has 0 spiro atoms. The topological polar surface area (TPSA) is 17.1 Å². The Morgan fingerprint density at radius 2 is 2.23 bits per heavy atom. The van der Waals surface area contributed by atoms with Crippen molar-refractivity contribution < 1.29 is 4.79 Å². The molecule has 0 radical (unpaired) electrons. The Balaban J connectivity index is 2.51. The van der Waals surface area contributed by atoms with E-state index in [4.69, 9.17) is 0 Å². The van der Waals surface area contributed by atoms with E-state index in [9.17, 15) is 4.79 Å². The van der Waals surface area contributed by atoms with E-state index in [0.717, 1.165) is 22.9 Å². The van der Waals surface area contributed by atoms with Gasteiger partial charge in [0.15, 0.2) is 5.78 Å². The molecule has 2 rings (SSSR count). The van der Waals surface area contributed by atoms with Crippen LogP contribution in [0.3, 0.4) is 0 Å². The minimum absolute atomic E-state index is 0.196. The Morgan fingerprint density at radius 1 is 1.46 bits per heavy atom. The molecule has 0 saturated carbocycles. The molecule has 1 nitrogen and oxygen atoms in total. The van der Waals surface area contributed by atoms with E-state index in [-0.39, 0.29) is 5.92 Å². The van der Waals surface area contributed by atoms with Gasteiger partial charge in [0.05, 0.1) is 0 Å². The standard InChI is InChI=1S/C11H11BrO/c1-7-2-3-8-4-5-9(12)6-10(8)11(7)13/h4-7H,2-3H2,1H3/t7-/m0/s1. The Morgan fingerprint density at radius 3 is 3.00 bits per heavy atom. The molecule has 13 heavy (non-hydrogen) atoms. The zero-order chi connectivity index (χ0) is 9.42. The average molecular weight is 239 g/mol. The van der Waals surface area contributed by atoms with Crippen molar-refractivity contribution in [3.05, 3.63) is 33.8 Å². The van der Waals surface area contributed by atoms with Gasteiger partial charge in [0.1, 0.15) is 0 Å². The molecule has 0 aromatic heterocycles. The van der Waals surface area contributed by atoms with Crippen molar-refractivity contribution in [2.24, 2.45) is 5.92 Å². The van der Waals surface area contributed by atoms with Gasteiger partial charge in [0.2, 0.25) is 0 Å². The third kappa shape index (κ3) is 1.55. The highest BCUT2D eigenvalue weighted by Crippen LogP contribution is 2.27. The van der Waals surface area contributed by atoms with E-state index >= 15 is 0 Å². The minimum Gasteiger partial charge on any atom is -0.294 e. The Kier molecular flexibility index (Phi) is 2.24. The van der Waals surface area contributed by atoms with Gasteiger partial charge in [-0.3, -0.25) is 4.79 Å². The fraction of sp³-hybridized carbons (Fsp3) is 0.364. The summed E-state index contributed by atoms with van der Waals surface area (Å²) in [5.74, 6) is 0.490. The summed E-state index contributed by atoms with van der Waals surface area (Å²) in [4.78, 5) is 11.7. The quantitative estimate of drug-likeness (QED) is 0.679. The molecule has 1 aliphatic rings. The van der Waals surface area contributed by atoms with E-state index in [0.29, 0.717) is 5.78 Å². The third-order valence-electron chi connectivity index (χ3n) is 2.63. The molecule has 0 unspecified atom stereocenters. The van der Waals surface area contributed by atoms with E-state index in [1.165, 1.54) is 5.56 Å². The fourth-order valence-corrected chi connectivity index (χ4v) is 2.13. The molecule has 0 heterocycles. The molecule has 0 bridgehead atoms. The molecule has 1 aliphatic carbocycles. The van der Waals surface area contributed by atoms with Crippen LogP contribution in [-0.2, 0) is 6.42 Å². The Hall–Kier alpha value is -0.630. The number of hydrogen-bond donors (Lipinski definition) is 0. The van der Waals surface area contributed by atoms with E-state index in [1.807, 2.05) is 25.1 Å². The van der Waals surface area contributed by atoms with Gasteiger partial charge >= 0.3 is 0 Å². The molecular formula is C11H11BrO. The zero-order valence-corrected chi connectivity index (χ0v) is 9.10. The smallest absolute Gasteiger partial charge is 0.165 e. The largest absolute Gasteiger partial charge is 0.294 e. The minimum atomic E-state index is 0.196. The highest BCUT2D eigenvalue weighted by atomic mass is 79.9. The molecule has 0 amide bonds. The number of carbonyl (C=O) groups excluding carboxylic acids is 1. The third-order valence-corrected chi connectivity index (χ3v) is 3.12. The van der Waals surface area contributed by atoms with Crippen molar-refractivity contribution in [2.45, 2.75) is 19.8 Å². The maximum Gasteiger partial charge on any atom is 0.165 e. The van der Waals surface area contributed by atoms with E-state index < -0.39 is 0 Å². The molecule has 0 fully saturated rings. The summed E-state index contributed by atoms with van der Waals surface area (Å²) in [6.07, 6.45) is 2.03. The first-order valence-corrected chi connectivity index (χ1v) is 5.30. The van der Waals surface area contributed by atoms with Gasteiger partial charge in [0, 0.05) is 16.0 Å². The summed E-state index contributed by atoms with van der Waals surface area (Å²) >= 11 is 3.39. The molecule has 68 valence electrons. The number of hydrogen-bond acceptors (Lipinski definition) is 1. The fourth-order valence-electron chi connectivity index (χ4n) is 1.76. The number of Topliss-reactive ketones (excluding diaryl/α,β-unsaturated/α-hetero) is 1. The maximum atomic E-state index is 11.7. The average Bonchev–Trinajstić information content (AvgIpc) is 2.12. The highest BCUT2D eigenvalue weighted by molar-refractivity contribution is 9.10. The van der Waals surface area contributed by atoms with Gasteiger partial charge in [-0.1, -0.05) is 28.9 Å². The molecular weight excluding hydrogens is 228 g/mol. The first kappa shape index (κ1) is 8.95. The Bertz CT molecular complexity index is 357. The molecule has 1 aromatic rings. The van der Waals surface area contributed by atoms with Crippen LogP contribution < -0.4 is 0 Å². The number of benzene rings is 1. The molecule has 0 saturated heterocycles. The van der Waals surface area contributed by atoms with Gasteiger partial charge in [-0.05, 0) is 30.5 Å². The van der Waals surface area contributed by atoms with Crippen LogP contribution in [0.1, 0.15) is 29.3 Å². The number of aryl methyl sites for hydroxylation is 1. The second-order valence-electron chi connectivity index (χ2n) is 3.61. The second kappa shape index (κ2) is 3.26. The summed E-state index contributed by atoms with van der Waals surface area (Å²) in [6, 6.07) is 5.98. The second-order valence-corrected chi connectivity index (χ2v) is 4.52. The van der Waals surface area contributed by atoms with Crippen LogP contribution in [0.5, 0.6) is 0 Å². The summed E-state index contributed by atoms with van der Waals surface area (Å²) in [5, 5.41) is 0. The van der Waals surface area contributed by atoms with Gasteiger partial charge in [-0.25, -0.2) is 0 Å². The van der Waals surface area contributed by atoms with Gasteiger partial charge in [-0.15, -0.1) is 0 Å². The number of fused-ring (bicyclic) bond motifs is 1. The lowest BCUT2D eigenvalue weighted by Gasteiger charge is -2.19. The van der Waals surface area contributed by atoms with Crippen molar-refractivity contribution in [1.29, 1.82) is 0 Å². The van der Waals surface area contributed by atoms with Crippen LogP contribution in [-0.4, -0.2) is 5.78 Å². The van der Waals surface area contributed by atoms with Crippen LogP contribution in [0, 0.1) is 5.92 Å². The number of ketones is 1. The highest BCUT2D eigenvalue weighted by Gasteiger charge is 2.23. The molecule has 1 aromatic carbocycles. The summed E-state index contributed by atoms with van der Waals surface area (Å²) in [7, 11) is 0. The van der Waals surface area contributed by atoms with Crippen molar-refractivity contribution in [3.63, 3.8) is 0 Å². The van der Waals surface area contributed by atoms with Gasteiger partial charge in [0.25, 0.3) is 0 Å². The van der Waals surface area contributed by atoms with Gasteiger partial charge in [-0.2, -0.15) is 0 Å². The molecule has 1 atom stereocenters. The molecule has 0 aliphatic heterocycles. The number of halogens is 1. The van der Waals surface area contributed by atoms with Crippen LogP contribution in [0.4, 0.5) is 0 Å². The summed E-state index contributed by atoms with van der Waals surface area (Å²) < 4.78 is 0.994. The normalized spacial score (nSPS) is 21.4. The number of carbonyl (C=O) groups is 1. The van der Waals surface area contributed by atoms with Crippen LogP contribution in [0.2, 0.25) is 0 Å². The zero-order valence-electron chi connectivity index (χ0n) is 7.51. The lowest BCUT2D eigenvalue weighted by atomic mass is 9.84. The monoisotopic (exact) mass is 238 g/mol. The van der Waals surface area contributed by atoms with E-state index in [1.54, 1.807) is 0 Å². The summed E-state index contributed by atoms with van der Waals surface area (Å²) in [5.41, 5.74) is 2.11. The number of rotatable bonds is 0. The maximum absolute atomic E-state index is 11.7. The van der Waals surface area contributed by atoms with Crippen molar-refractivity contribution >= 4 is 21.7 Å². The molecule has 0 N–H and O–H groups in total. The van der Waals surface area contributed by atoms with Crippen molar-refractivity contribution in [2.75, 3.05) is 0 Å².